The number of nitrogens with zero attached hydrogens (tertiary/aromatic N) is 1. The molecule has 1 amide bonds. The van der Waals surface area contributed by atoms with Gasteiger partial charge in [0.2, 0.25) is 5.91 Å². The minimum absolute atomic E-state index is 0.0406. The molecule has 2 heterocycles. The molecule has 0 aromatic heterocycles. The van der Waals surface area contributed by atoms with Crippen LogP contribution in [0.1, 0.15) is 35.6 Å². The van der Waals surface area contributed by atoms with Crippen molar-refractivity contribution in [2.75, 3.05) is 11.5 Å². The van der Waals surface area contributed by atoms with Crippen LogP contribution in [0.3, 0.4) is 0 Å². The van der Waals surface area contributed by atoms with Gasteiger partial charge < -0.3 is 30.1 Å². The first-order valence-corrected chi connectivity index (χ1v) is 13.5. The van der Waals surface area contributed by atoms with Crippen LogP contribution in [-0.2, 0) is 22.4 Å². The van der Waals surface area contributed by atoms with E-state index in [4.69, 9.17) is 4.74 Å². The van der Waals surface area contributed by atoms with Crippen LogP contribution in [0.15, 0.2) is 72.8 Å². The van der Waals surface area contributed by atoms with Crippen LogP contribution >= 0.6 is 0 Å². The molecule has 2 saturated heterocycles. The number of amides is 1. The van der Waals surface area contributed by atoms with E-state index >= 15 is 0 Å². The average molecular weight is 554 g/mol. The summed E-state index contributed by atoms with van der Waals surface area (Å²) in [5.41, 5.74) is 3.31. The molecule has 40 heavy (non-hydrogen) atoms. The van der Waals surface area contributed by atoms with E-state index in [0.717, 1.165) is 23.1 Å². The molecule has 2 aliphatic heterocycles. The highest BCUT2D eigenvalue weighted by Gasteiger charge is 2.48. The second-order valence-electron chi connectivity index (χ2n) is 10.6. The van der Waals surface area contributed by atoms with Gasteiger partial charge in [0.15, 0.2) is 0 Å². The van der Waals surface area contributed by atoms with Crippen molar-refractivity contribution in [2.45, 2.75) is 62.2 Å². The summed E-state index contributed by atoms with van der Waals surface area (Å²) in [6.07, 6.45) is -3.62. The SMILES string of the molecule is O=C1C(CCCc2ccc(F)cc2)C(c2ccc(CC3OC(CO)C(O)C(O)C3O)cc2)N1c1ccc(F)cc1. The van der Waals surface area contributed by atoms with Crippen molar-refractivity contribution in [3.8, 4) is 0 Å². The largest absolute Gasteiger partial charge is 0.394 e. The van der Waals surface area contributed by atoms with Gasteiger partial charge in [0.25, 0.3) is 0 Å². The van der Waals surface area contributed by atoms with Crippen LogP contribution < -0.4 is 4.90 Å². The number of benzene rings is 3. The Balaban J connectivity index is 1.31. The number of anilines is 1. The van der Waals surface area contributed by atoms with Gasteiger partial charge in [-0.15, -0.1) is 0 Å². The summed E-state index contributed by atoms with van der Waals surface area (Å²) in [6.45, 7) is -0.488. The van der Waals surface area contributed by atoms with Gasteiger partial charge >= 0.3 is 0 Å². The van der Waals surface area contributed by atoms with E-state index in [0.29, 0.717) is 18.5 Å². The van der Waals surface area contributed by atoms with Crippen LogP contribution in [0.25, 0.3) is 0 Å². The summed E-state index contributed by atoms with van der Waals surface area (Å²) in [5.74, 6) is -0.993. The number of carbonyl (C=O) groups excluding carboxylic acids is 1. The number of halogens is 2. The van der Waals surface area contributed by atoms with E-state index in [1.165, 1.54) is 24.3 Å². The van der Waals surface area contributed by atoms with Gasteiger partial charge in [0, 0.05) is 12.1 Å². The number of ether oxygens (including phenoxy) is 1. The molecule has 3 aromatic carbocycles. The third-order valence-electron chi connectivity index (χ3n) is 7.96. The van der Waals surface area contributed by atoms with E-state index in [-0.39, 0.29) is 35.9 Å². The van der Waals surface area contributed by atoms with Crippen molar-refractivity contribution in [1.29, 1.82) is 0 Å². The predicted octanol–water partition coefficient (Wildman–Crippen LogP) is 3.08. The molecule has 2 fully saturated rings. The molecule has 0 radical (unpaired) electrons. The first kappa shape index (κ1) is 28.3. The minimum atomic E-state index is -1.43. The third-order valence-corrected chi connectivity index (χ3v) is 7.96. The summed E-state index contributed by atoms with van der Waals surface area (Å²) >= 11 is 0. The zero-order valence-corrected chi connectivity index (χ0v) is 21.8. The van der Waals surface area contributed by atoms with Crippen molar-refractivity contribution in [1.82, 2.24) is 0 Å². The van der Waals surface area contributed by atoms with Crippen molar-refractivity contribution >= 4 is 11.6 Å². The first-order chi connectivity index (χ1) is 19.3. The van der Waals surface area contributed by atoms with Gasteiger partial charge in [-0.3, -0.25) is 4.79 Å². The van der Waals surface area contributed by atoms with Crippen LogP contribution in [0.2, 0.25) is 0 Å². The van der Waals surface area contributed by atoms with Crippen molar-refractivity contribution in [2.24, 2.45) is 5.92 Å². The number of β-lactam (4-membered cyclic amide) rings is 1. The van der Waals surface area contributed by atoms with Crippen LogP contribution in [0, 0.1) is 17.6 Å². The molecule has 0 saturated carbocycles. The van der Waals surface area contributed by atoms with Gasteiger partial charge in [-0.2, -0.15) is 0 Å². The van der Waals surface area contributed by atoms with Gasteiger partial charge in [-0.05, 0) is 72.4 Å². The molecule has 5 rings (SSSR count). The molecule has 0 aliphatic carbocycles. The highest BCUT2D eigenvalue weighted by Crippen LogP contribution is 2.45. The summed E-state index contributed by atoms with van der Waals surface area (Å²) in [4.78, 5) is 14.9. The number of aliphatic hydroxyl groups excluding tert-OH is 4. The fourth-order valence-corrected chi connectivity index (χ4v) is 5.71. The van der Waals surface area contributed by atoms with Crippen LogP contribution in [0.5, 0.6) is 0 Å². The van der Waals surface area contributed by atoms with Gasteiger partial charge in [-0.25, -0.2) is 8.78 Å². The van der Waals surface area contributed by atoms with Crippen molar-refractivity contribution < 1.29 is 38.7 Å². The zero-order valence-electron chi connectivity index (χ0n) is 21.8. The summed E-state index contributed by atoms with van der Waals surface area (Å²) in [7, 11) is 0. The maximum atomic E-state index is 13.6. The first-order valence-electron chi connectivity index (χ1n) is 13.5. The van der Waals surface area contributed by atoms with Gasteiger partial charge in [-0.1, -0.05) is 36.4 Å². The topological polar surface area (TPSA) is 110 Å². The second-order valence-corrected chi connectivity index (χ2v) is 10.6. The molecule has 0 bridgehead atoms. The fraction of sp³-hybridized carbons (Fsp3) is 0.387. The van der Waals surface area contributed by atoms with Gasteiger partial charge in [0.05, 0.1) is 24.7 Å². The maximum Gasteiger partial charge on any atom is 0.233 e. The van der Waals surface area contributed by atoms with E-state index in [1.807, 2.05) is 24.3 Å². The van der Waals surface area contributed by atoms with Crippen molar-refractivity contribution in [3.63, 3.8) is 0 Å². The number of rotatable bonds is 9. The van der Waals surface area contributed by atoms with Gasteiger partial charge in [0.1, 0.15) is 36.1 Å². The fourth-order valence-electron chi connectivity index (χ4n) is 5.71. The Morgan fingerprint density at radius 3 is 1.95 bits per heavy atom. The second kappa shape index (κ2) is 12.1. The molecule has 7 atom stereocenters. The Bertz CT molecular complexity index is 1280. The lowest BCUT2D eigenvalue weighted by Crippen LogP contribution is -2.59. The lowest BCUT2D eigenvalue weighted by molar-refractivity contribution is -0.228. The Hall–Kier alpha value is -3.21. The Morgan fingerprint density at radius 2 is 1.32 bits per heavy atom. The molecule has 0 spiro atoms. The molecular weight excluding hydrogens is 520 g/mol. The van der Waals surface area contributed by atoms with Crippen molar-refractivity contribution in [3.05, 3.63) is 101 Å². The zero-order chi connectivity index (χ0) is 28.4. The minimum Gasteiger partial charge on any atom is -0.394 e. The summed E-state index contributed by atoms with van der Waals surface area (Å²) < 4.78 is 32.5. The Kier molecular flexibility index (Phi) is 8.58. The molecule has 2 aliphatic rings. The Labute approximate surface area is 231 Å². The van der Waals surface area contributed by atoms with E-state index in [2.05, 4.69) is 0 Å². The lowest BCUT2D eigenvalue weighted by atomic mass is 9.78. The summed E-state index contributed by atoms with van der Waals surface area (Å²) in [6, 6.07) is 19.4. The smallest absolute Gasteiger partial charge is 0.233 e. The summed E-state index contributed by atoms with van der Waals surface area (Å²) in [5, 5.41) is 40.0. The maximum absolute atomic E-state index is 13.6. The standard InChI is InChI=1S/C31H33F2NO6/c32-21-10-6-18(7-11-21)2-1-3-24-27(34(31(24)39)23-14-12-22(33)13-15-23)20-8-4-19(5-9-20)16-25-28(36)30(38)29(37)26(17-35)40-25/h4-15,24-30,35-38H,1-3,16-17H2. The molecule has 212 valence electrons. The molecule has 9 heteroatoms. The highest BCUT2D eigenvalue weighted by molar-refractivity contribution is 6.03. The molecule has 4 N–H and O–H groups in total. The number of carbonyl (C=O) groups is 1. The van der Waals surface area contributed by atoms with E-state index in [1.54, 1.807) is 29.2 Å². The van der Waals surface area contributed by atoms with Crippen LogP contribution in [-0.4, -0.2) is 63.5 Å². The normalized spacial score (nSPS) is 28.4. The average Bonchev–Trinajstić information content (AvgIpc) is 2.96. The third kappa shape index (κ3) is 5.80. The number of hydrogen-bond acceptors (Lipinski definition) is 6. The molecule has 7 nitrogen and oxygen atoms in total. The molecule has 7 unspecified atom stereocenters. The van der Waals surface area contributed by atoms with Crippen LogP contribution in [0.4, 0.5) is 14.5 Å². The number of hydrogen-bond donors (Lipinski definition) is 4. The monoisotopic (exact) mass is 553 g/mol. The molecule has 3 aromatic rings. The lowest BCUT2D eigenvalue weighted by Gasteiger charge is -2.48. The predicted molar refractivity (Wildman–Crippen MR) is 143 cm³/mol. The van der Waals surface area contributed by atoms with E-state index < -0.39 is 37.1 Å². The number of aliphatic hydroxyl groups is 4. The quantitative estimate of drug-likeness (QED) is 0.303. The Morgan fingerprint density at radius 1 is 0.750 bits per heavy atom. The molecular formula is C31H33F2NO6. The highest BCUT2D eigenvalue weighted by atomic mass is 19.1. The number of aryl methyl sites for hydroxylation is 1. The van der Waals surface area contributed by atoms with E-state index in [9.17, 15) is 34.0 Å².